The largest absolute Gasteiger partial charge is 0.344 e. The van der Waals surface area contributed by atoms with Crippen LogP contribution in [0.15, 0.2) is 24.3 Å². The van der Waals surface area contributed by atoms with Crippen LogP contribution >= 0.6 is 11.6 Å². The van der Waals surface area contributed by atoms with Crippen LogP contribution in [0.25, 0.3) is 0 Å². The van der Waals surface area contributed by atoms with Crippen LogP contribution in [0.4, 0.5) is 0 Å². The molecule has 0 spiro atoms. The van der Waals surface area contributed by atoms with Gasteiger partial charge in [0, 0.05) is 25.4 Å². The lowest BCUT2D eigenvalue weighted by Gasteiger charge is -2.30. The molecule has 1 heterocycles. The van der Waals surface area contributed by atoms with E-state index < -0.39 is 0 Å². The van der Waals surface area contributed by atoms with E-state index in [0.29, 0.717) is 11.1 Å². The van der Waals surface area contributed by atoms with Gasteiger partial charge in [-0.05, 0) is 24.0 Å². The normalized spacial score (nSPS) is 16.6. The van der Waals surface area contributed by atoms with Gasteiger partial charge in [-0.1, -0.05) is 49.2 Å². The van der Waals surface area contributed by atoms with E-state index in [9.17, 15) is 0 Å². The topological polar surface area (TPSA) is 40.7 Å². The first kappa shape index (κ1) is 14.6. The molecule has 1 unspecified atom stereocenters. The van der Waals surface area contributed by atoms with Crippen molar-refractivity contribution < 1.29 is 0 Å². The average Bonchev–Trinajstić information content (AvgIpc) is 2.82. The Labute approximate surface area is 131 Å². The summed E-state index contributed by atoms with van der Waals surface area (Å²) < 4.78 is 0. The quantitative estimate of drug-likeness (QED) is 0.816. The van der Waals surface area contributed by atoms with Gasteiger partial charge < -0.3 is 10.3 Å². The second-order valence-electron chi connectivity index (χ2n) is 5.79. The van der Waals surface area contributed by atoms with Gasteiger partial charge in [-0.25, -0.2) is 4.98 Å². The summed E-state index contributed by atoms with van der Waals surface area (Å²) >= 11 is 6.19. The number of aromatic nitrogens is 2. The van der Waals surface area contributed by atoms with E-state index >= 15 is 0 Å². The van der Waals surface area contributed by atoms with Crippen molar-refractivity contribution in [2.24, 2.45) is 0 Å². The van der Waals surface area contributed by atoms with Gasteiger partial charge in [-0.2, -0.15) is 0 Å². The second kappa shape index (κ2) is 6.63. The van der Waals surface area contributed by atoms with Gasteiger partial charge in [0.25, 0.3) is 0 Å². The number of hydrogen-bond acceptors (Lipinski definition) is 2. The van der Waals surface area contributed by atoms with E-state index in [4.69, 9.17) is 11.6 Å². The highest BCUT2D eigenvalue weighted by molar-refractivity contribution is 6.30. The van der Waals surface area contributed by atoms with Crippen molar-refractivity contribution >= 4 is 11.6 Å². The predicted octanol–water partition coefficient (Wildman–Crippen LogP) is 3.84. The number of fused-ring (bicyclic) bond motifs is 1. The van der Waals surface area contributed by atoms with Crippen LogP contribution in [0.2, 0.25) is 5.15 Å². The molecule has 0 radical (unpaired) electrons. The number of aryl methyl sites for hydroxylation is 1. The van der Waals surface area contributed by atoms with Gasteiger partial charge in [0.15, 0.2) is 5.15 Å². The number of nitrogens with zero attached hydrogens (tertiary/aromatic N) is 1. The number of benzene rings is 1. The van der Waals surface area contributed by atoms with Crippen LogP contribution < -0.4 is 5.32 Å². The van der Waals surface area contributed by atoms with Crippen molar-refractivity contribution in [2.45, 2.75) is 45.1 Å². The lowest BCUT2D eigenvalue weighted by atomic mass is 9.77. The summed E-state index contributed by atoms with van der Waals surface area (Å²) in [5.41, 5.74) is 3.99. The number of aromatic amines is 1. The number of imidazole rings is 1. The average molecular weight is 304 g/mol. The molecule has 0 aliphatic heterocycles. The van der Waals surface area contributed by atoms with Crippen LogP contribution in [0.1, 0.15) is 48.3 Å². The third-order valence-electron chi connectivity index (χ3n) is 4.20. The van der Waals surface area contributed by atoms with Gasteiger partial charge in [-0.3, -0.25) is 0 Å². The fourth-order valence-corrected chi connectivity index (χ4v) is 3.15. The number of nitrogens with one attached hydrogen (secondary N) is 2. The van der Waals surface area contributed by atoms with Crippen LogP contribution in [-0.2, 0) is 19.4 Å². The van der Waals surface area contributed by atoms with E-state index in [-0.39, 0.29) is 0 Å². The number of halogens is 1. The fraction of sp³-hybridized carbons (Fsp3) is 0.471. The molecule has 0 fully saturated rings. The van der Waals surface area contributed by atoms with Gasteiger partial charge in [-0.15, -0.1) is 0 Å². The van der Waals surface area contributed by atoms with Crippen LogP contribution in [0.3, 0.4) is 0 Å². The van der Waals surface area contributed by atoms with E-state index in [0.717, 1.165) is 37.4 Å². The zero-order chi connectivity index (χ0) is 14.7. The zero-order valence-electron chi connectivity index (χ0n) is 12.5. The highest BCUT2D eigenvalue weighted by Crippen LogP contribution is 2.34. The molecule has 21 heavy (non-hydrogen) atoms. The van der Waals surface area contributed by atoms with Gasteiger partial charge in [0.05, 0.1) is 5.69 Å². The van der Waals surface area contributed by atoms with Crippen molar-refractivity contribution in [1.29, 1.82) is 0 Å². The van der Waals surface area contributed by atoms with Crippen LogP contribution in [0.5, 0.6) is 0 Å². The summed E-state index contributed by atoms with van der Waals surface area (Å²) in [6.07, 6.45) is 4.48. The van der Waals surface area contributed by atoms with Crippen molar-refractivity contribution in [3.05, 3.63) is 52.1 Å². The minimum atomic E-state index is 0.614. The summed E-state index contributed by atoms with van der Waals surface area (Å²) in [5, 5.41) is 4.11. The SMILES string of the molecule is CCCCc1nc(Cl)c(CNCC2Cc3ccccc32)[nH]1. The Balaban J connectivity index is 1.49. The smallest absolute Gasteiger partial charge is 0.151 e. The van der Waals surface area contributed by atoms with Crippen LogP contribution in [-0.4, -0.2) is 16.5 Å². The molecule has 1 aliphatic rings. The number of hydrogen-bond donors (Lipinski definition) is 2. The van der Waals surface area contributed by atoms with Crippen molar-refractivity contribution in [3.63, 3.8) is 0 Å². The monoisotopic (exact) mass is 303 g/mol. The minimum Gasteiger partial charge on any atom is -0.344 e. The molecule has 0 saturated carbocycles. The minimum absolute atomic E-state index is 0.614. The molecule has 0 saturated heterocycles. The molecular weight excluding hydrogens is 282 g/mol. The molecule has 3 nitrogen and oxygen atoms in total. The first-order valence-corrected chi connectivity index (χ1v) is 8.17. The molecule has 1 atom stereocenters. The number of rotatable bonds is 7. The highest BCUT2D eigenvalue weighted by atomic mass is 35.5. The van der Waals surface area contributed by atoms with Gasteiger partial charge in [0.2, 0.25) is 0 Å². The summed E-state index contributed by atoms with van der Waals surface area (Å²) in [6, 6.07) is 8.69. The molecule has 2 aromatic rings. The fourth-order valence-electron chi connectivity index (χ4n) is 2.94. The van der Waals surface area contributed by atoms with Crippen LogP contribution in [0, 0.1) is 0 Å². The Morgan fingerprint density at radius 1 is 1.38 bits per heavy atom. The lowest BCUT2D eigenvalue weighted by Crippen LogP contribution is -2.28. The van der Waals surface area contributed by atoms with E-state index in [1.165, 1.54) is 24.0 Å². The Bertz CT molecular complexity index is 606. The lowest BCUT2D eigenvalue weighted by molar-refractivity contribution is 0.533. The molecule has 0 amide bonds. The Morgan fingerprint density at radius 2 is 2.24 bits per heavy atom. The third kappa shape index (κ3) is 3.30. The van der Waals surface area contributed by atoms with Crippen molar-refractivity contribution in [3.8, 4) is 0 Å². The Kier molecular flexibility index (Phi) is 4.61. The van der Waals surface area contributed by atoms with Crippen molar-refractivity contribution in [2.75, 3.05) is 6.54 Å². The zero-order valence-corrected chi connectivity index (χ0v) is 13.2. The van der Waals surface area contributed by atoms with Crippen molar-refractivity contribution in [1.82, 2.24) is 15.3 Å². The molecule has 3 rings (SSSR count). The molecular formula is C17H22ClN3. The molecule has 1 aromatic carbocycles. The molecule has 2 N–H and O–H groups in total. The maximum absolute atomic E-state index is 6.19. The Morgan fingerprint density at radius 3 is 3.05 bits per heavy atom. The summed E-state index contributed by atoms with van der Waals surface area (Å²) in [4.78, 5) is 7.73. The summed E-state index contributed by atoms with van der Waals surface area (Å²) in [7, 11) is 0. The maximum atomic E-state index is 6.19. The molecule has 112 valence electrons. The standard InChI is InChI=1S/C17H22ClN3/c1-2-3-8-16-20-15(17(18)21-16)11-19-10-13-9-12-6-4-5-7-14(12)13/h4-7,13,19H,2-3,8-11H2,1H3,(H,20,21). The molecule has 0 bridgehead atoms. The number of H-pyrrole nitrogens is 1. The predicted molar refractivity (Wildman–Crippen MR) is 86.8 cm³/mol. The Hall–Kier alpha value is -1.32. The second-order valence-corrected chi connectivity index (χ2v) is 6.15. The molecule has 1 aromatic heterocycles. The van der Waals surface area contributed by atoms with E-state index in [1.807, 2.05) is 0 Å². The first-order chi connectivity index (χ1) is 10.3. The number of unbranched alkanes of at least 4 members (excludes halogenated alkanes) is 1. The first-order valence-electron chi connectivity index (χ1n) is 7.79. The van der Waals surface area contributed by atoms with Gasteiger partial charge >= 0.3 is 0 Å². The van der Waals surface area contributed by atoms with E-state index in [2.05, 4.69) is 46.5 Å². The summed E-state index contributed by atoms with van der Waals surface area (Å²) in [6.45, 7) is 3.94. The molecule has 1 aliphatic carbocycles. The highest BCUT2D eigenvalue weighted by Gasteiger charge is 2.24. The molecule has 4 heteroatoms. The maximum Gasteiger partial charge on any atom is 0.151 e. The van der Waals surface area contributed by atoms with Gasteiger partial charge in [0.1, 0.15) is 5.82 Å². The third-order valence-corrected chi connectivity index (χ3v) is 4.51. The van der Waals surface area contributed by atoms with E-state index in [1.54, 1.807) is 0 Å². The summed E-state index contributed by atoms with van der Waals surface area (Å²) in [5.74, 6) is 1.65.